The first-order valence-electron chi connectivity index (χ1n) is 11.5. The van der Waals surface area contributed by atoms with Crippen LogP contribution in [-0.4, -0.2) is 27.0 Å². The normalized spacial score (nSPS) is 11.0. The lowest BCUT2D eigenvalue weighted by Gasteiger charge is -2.11. The van der Waals surface area contributed by atoms with E-state index in [-0.39, 0.29) is 11.4 Å². The van der Waals surface area contributed by atoms with E-state index in [1.54, 1.807) is 35.0 Å². The molecule has 1 heterocycles. The maximum Gasteiger partial charge on any atom is 0.291 e. The number of hydrogen-bond donors (Lipinski definition) is 2. The minimum absolute atomic E-state index is 0.0839. The number of hydrogen-bond acceptors (Lipinski definition) is 4. The van der Waals surface area contributed by atoms with Gasteiger partial charge in [-0.2, -0.15) is 10.2 Å². The Morgan fingerprint density at radius 3 is 2.22 bits per heavy atom. The number of phenolic OH excluding ortho intramolecular Hbond substituents is 1. The van der Waals surface area contributed by atoms with Gasteiger partial charge in [0.2, 0.25) is 0 Å². The predicted molar refractivity (Wildman–Crippen MR) is 142 cm³/mol. The fourth-order valence-electron chi connectivity index (χ4n) is 3.96. The largest absolute Gasteiger partial charge is 0.507 e. The lowest BCUT2D eigenvalue weighted by Crippen LogP contribution is -2.18. The Kier molecular flexibility index (Phi) is 6.40. The summed E-state index contributed by atoms with van der Waals surface area (Å²) < 4.78 is 1.79. The molecule has 0 saturated heterocycles. The van der Waals surface area contributed by atoms with E-state index in [9.17, 15) is 9.90 Å². The lowest BCUT2D eigenvalue weighted by atomic mass is 10.0. The molecule has 1 amide bonds. The molecule has 0 unspecified atom stereocenters. The van der Waals surface area contributed by atoms with E-state index in [4.69, 9.17) is 0 Å². The van der Waals surface area contributed by atoms with Gasteiger partial charge in [0, 0.05) is 11.1 Å². The Balaban J connectivity index is 1.48. The van der Waals surface area contributed by atoms with Gasteiger partial charge >= 0.3 is 0 Å². The molecule has 1 aromatic heterocycles. The molecule has 176 valence electrons. The van der Waals surface area contributed by atoms with Gasteiger partial charge in [-0.15, -0.1) is 0 Å². The van der Waals surface area contributed by atoms with E-state index < -0.39 is 5.91 Å². The van der Waals surface area contributed by atoms with Crippen molar-refractivity contribution in [3.05, 3.63) is 126 Å². The van der Waals surface area contributed by atoms with Crippen molar-refractivity contribution in [2.45, 2.75) is 6.92 Å². The fourth-order valence-corrected chi connectivity index (χ4v) is 3.96. The van der Waals surface area contributed by atoms with E-state index >= 15 is 0 Å². The molecular weight excluding hydrogens is 448 g/mol. The second-order valence-electron chi connectivity index (χ2n) is 8.31. The van der Waals surface area contributed by atoms with Crippen molar-refractivity contribution in [1.29, 1.82) is 0 Å². The zero-order chi connectivity index (χ0) is 24.9. The second-order valence-corrected chi connectivity index (χ2v) is 8.31. The van der Waals surface area contributed by atoms with Crippen LogP contribution in [0.15, 0.2) is 114 Å². The molecule has 0 radical (unpaired) electrons. The topological polar surface area (TPSA) is 79.5 Å². The van der Waals surface area contributed by atoms with Crippen LogP contribution in [0.2, 0.25) is 0 Å². The number of rotatable bonds is 6. The number of aromatic hydroxyl groups is 1. The summed E-state index contributed by atoms with van der Waals surface area (Å²) >= 11 is 0. The highest BCUT2D eigenvalue weighted by atomic mass is 16.3. The van der Waals surface area contributed by atoms with Gasteiger partial charge < -0.3 is 5.11 Å². The standard InChI is InChI=1S/C30H24N4O2/c1-21-9-5-7-13-27(21)34-28(24-17-15-23(16-18-24)22-10-3-2-4-11-22)19-26(33-34)30(36)32-31-20-25-12-6-8-14-29(25)35/h2-20,35H,1H3,(H,32,36)/b31-20-. The first-order valence-corrected chi connectivity index (χ1v) is 11.5. The molecule has 36 heavy (non-hydrogen) atoms. The predicted octanol–water partition coefficient (Wildman–Crippen LogP) is 5.98. The molecule has 5 aromatic rings. The number of phenols is 1. The number of carbonyl (C=O) groups excluding carboxylic acids is 1. The SMILES string of the molecule is Cc1ccccc1-n1nc(C(=O)N/N=C\c2ccccc2O)cc1-c1ccc(-c2ccccc2)cc1. The van der Waals surface area contributed by atoms with Crippen molar-refractivity contribution in [2.24, 2.45) is 5.10 Å². The molecule has 0 saturated carbocycles. The number of aryl methyl sites for hydroxylation is 1. The highest BCUT2D eigenvalue weighted by Crippen LogP contribution is 2.28. The van der Waals surface area contributed by atoms with Crippen molar-refractivity contribution in [2.75, 3.05) is 0 Å². The molecule has 2 N–H and O–H groups in total. The van der Waals surface area contributed by atoms with Crippen LogP contribution in [0.3, 0.4) is 0 Å². The third-order valence-electron chi connectivity index (χ3n) is 5.88. The molecule has 0 fully saturated rings. The summed E-state index contributed by atoms with van der Waals surface area (Å²) in [5.41, 5.74) is 9.13. The van der Waals surface area contributed by atoms with E-state index in [2.05, 4.69) is 39.9 Å². The second kappa shape index (κ2) is 10.1. The summed E-state index contributed by atoms with van der Waals surface area (Å²) in [5.74, 6) is -0.364. The fraction of sp³-hybridized carbons (Fsp3) is 0.0333. The Morgan fingerprint density at radius 1 is 0.833 bits per heavy atom. The van der Waals surface area contributed by atoms with E-state index in [1.807, 2.05) is 61.5 Å². The Bertz CT molecular complexity index is 1540. The smallest absolute Gasteiger partial charge is 0.291 e. The number of benzene rings is 4. The first kappa shape index (κ1) is 22.8. The van der Waals surface area contributed by atoms with Crippen molar-refractivity contribution >= 4 is 12.1 Å². The average molecular weight is 473 g/mol. The molecule has 6 heteroatoms. The zero-order valence-electron chi connectivity index (χ0n) is 19.7. The van der Waals surface area contributed by atoms with Crippen molar-refractivity contribution in [1.82, 2.24) is 15.2 Å². The van der Waals surface area contributed by atoms with Crippen LogP contribution >= 0.6 is 0 Å². The van der Waals surface area contributed by atoms with Gasteiger partial charge in [0.05, 0.1) is 17.6 Å². The van der Waals surface area contributed by atoms with Crippen molar-refractivity contribution in [3.63, 3.8) is 0 Å². The minimum Gasteiger partial charge on any atom is -0.507 e. The summed E-state index contributed by atoms with van der Waals surface area (Å²) in [5, 5.41) is 18.5. The summed E-state index contributed by atoms with van der Waals surface area (Å²) in [6.07, 6.45) is 1.40. The molecule has 0 aliphatic carbocycles. The van der Waals surface area contributed by atoms with E-state index in [0.717, 1.165) is 33.6 Å². The lowest BCUT2D eigenvalue weighted by molar-refractivity contribution is 0.0949. The van der Waals surface area contributed by atoms with Gasteiger partial charge in [0.15, 0.2) is 5.69 Å². The molecule has 0 aliphatic rings. The molecule has 4 aromatic carbocycles. The highest BCUT2D eigenvalue weighted by Gasteiger charge is 2.17. The van der Waals surface area contributed by atoms with Gasteiger partial charge in [0.1, 0.15) is 5.75 Å². The number of nitrogens with one attached hydrogen (secondary N) is 1. The maximum absolute atomic E-state index is 12.9. The Hall–Kier alpha value is -4.97. The van der Waals surface area contributed by atoms with Crippen LogP contribution in [-0.2, 0) is 0 Å². The van der Waals surface area contributed by atoms with Gasteiger partial charge in [-0.1, -0.05) is 84.9 Å². The molecule has 0 spiro atoms. The average Bonchev–Trinajstić information content (AvgIpc) is 3.36. The highest BCUT2D eigenvalue weighted by molar-refractivity contribution is 5.94. The molecular formula is C30H24N4O2. The molecule has 6 nitrogen and oxygen atoms in total. The summed E-state index contributed by atoms with van der Waals surface area (Å²) in [7, 11) is 0. The monoisotopic (exact) mass is 472 g/mol. The first-order chi connectivity index (χ1) is 17.6. The van der Waals surface area contributed by atoms with Crippen molar-refractivity contribution in [3.8, 4) is 33.8 Å². The number of aromatic nitrogens is 2. The zero-order valence-corrected chi connectivity index (χ0v) is 19.7. The quantitative estimate of drug-likeness (QED) is 0.236. The number of nitrogens with zero attached hydrogens (tertiary/aromatic N) is 3. The van der Waals surface area contributed by atoms with Crippen LogP contribution in [0, 0.1) is 6.92 Å². The van der Waals surface area contributed by atoms with Gasteiger partial charge in [-0.3, -0.25) is 4.79 Å². The maximum atomic E-state index is 12.9. The summed E-state index contributed by atoms with van der Waals surface area (Å²) in [4.78, 5) is 12.9. The minimum atomic E-state index is -0.448. The van der Waals surface area contributed by atoms with Crippen LogP contribution < -0.4 is 5.43 Å². The van der Waals surface area contributed by atoms with Crippen LogP contribution in [0.25, 0.3) is 28.1 Å². The van der Waals surface area contributed by atoms with E-state index in [1.165, 1.54) is 6.21 Å². The van der Waals surface area contributed by atoms with Gasteiger partial charge in [0.25, 0.3) is 5.91 Å². The van der Waals surface area contributed by atoms with Crippen LogP contribution in [0.4, 0.5) is 0 Å². The number of para-hydroxylation sites is 2. The third-order valence-corrected chi connectivity index (χ3v) is 5.88. The van der Waals surface area contributed by atoms with Crippen molar-refractivity contribution < 1.29 is 9.90 Å². The van der Waals surface area contributed by atoms with Crippen LogP contribution in [0.5, 0.6) is 5.75 Å². The number of hydrazone groups is 1. The molecule has 0 atom stereocenters. The number of carbonyl (C=O) groups is 1. The van der Waals surface area contributed by atoms with Gasteiger partial charge in [-0.05, 0) is 47.9 Å². The Labute approximate surface area is 209 Å². The van der Waals surface area contributed by atoms with E-state index in [0.29, 0.717) is 5.56 Å². The molecule has 0 bridgehead atoms. The number of amides is 1. The molecule has 5 rings (SSSR count). The summed E-state index contributed by atoms with van der Waals surface area (Å²) in [6, 6.07) is 34.8. The van der Waals surface area contributed by atoms with Gasteiger partial charge in [-0.25, -0.2) is 10.1 Å². The van der Waals surface area contributed by atoms with Crippen LogP contribution in [0.1, 0.15) is 21.6 Å². The summed E-state index contributed by atoms with van der Waals surface area (Å²) in [6.45, 7) is 2.01. The third kappa shape index (κ3) is 4.79. The Morgan fingerprint density at radius 2 is 1.47 bits per heavy atom. The molecule has 0 aliphatic heterocycles.